The van der Waals surface area contributed by atoms with Crippen LogP contribution in [0.25, 0.3) is 23.0 Å². The SMILES string of the molecule is C=C(/C=c1/cccc/c1=C/N)C(=O)N=Nc1[nH]c(N)c2c(SCCN(C)C)cccc12. The van der Waals surface area contributed by atoms with Crippen molar-refractivity contribution in [3.8, 4) is 0 Å². The number of H-pyrrole nitrogens is 1. The number of aromatic nitrogens is 1. The molecule has 31 heavy (non-hydrogen) atoms. The summed E-state index contributed by atoms with van der Waals surface area (Å²) in [5.41, 5.74) is 12.0. The molecule has 0 saturated carbocycles. The van der Waals surface area contributed by atoms with Crippen LogP contribution in [0.4, 0.5) is 11.6 Å². The molecule has 0 aliphatic rings. The van der Waals surface area contributed by atoms with Gasteiger partial charge in [-0.3, -0.25) is 4.79 Å². The Bertz CT molecular complexity index is 1260. The third-order valence-electron chi connectivity index (χ3n) is 4.62. The Hall–Kier alpha value is -3.36. The average Bonchev–Trinajstić information content (AvgIpc) is 3.08. The second-order valence-electron chi connectivity index (χ2n) is 7.19. The van der Waals surface area contributed by atoms with Gasteiger partial charge in [0.1, 0.15) is 5.82 Å². The fourth-order valence-electron chi connectivity index (χ4n) is 3.00. The first-order valence-corrected chi connectivity index (χ1v) is 10.7. The number of nitrogens with zero attached hydrogens (tertiary/aromatic N) is 3. The number of nitrogen functional groups attached to an aromatic ring is 1. The summed E-state index contributed by atoms with van der Waals surface area (Å²) in [7, 11) is 4.08. The number of nitrogens with one attached hydrogen (secondary N) is 1. The van der Waals surface area contributed by atoms with Crippen molar-refractivity contribution < 1.29 is 4.79 Å². The van der Waals surface area contributed by atoms with Gasteiger partial charge < -0.3 is 21.4 Å². The molecule has 3 aromatic rings. The Balaban J connectivity index is 1.84. The number of carbonyl (C=O) groups is 1. The van der Waals surface area contributed by atoms with E-state index in [0.29, 0.717) is 11.6 Å². The van der Waals surface area contributed by atoms with Gasteiger partial charge in [0.2, 0.25) is 0 Å². The van der Waals surface area contributed by atoms with Gasteiger partial charge in [-0.2, -0.15) is 0 Å². The second kappa shape index (κ2) is 10.1. The fourth-order valence-corrected chi connectivity index (χ4v) is 4.22. The van der Waals surface area contributed by atoms with E-state index in [2.05, 4.69) is 26.7 Å². The van der Waals surface area contributed by atoms with Gasteiger partial charge in [-0.15, -0.1) is 22.0 Å². The lowest BCUT2D eigenvalue weighted by Gasteiger charge is -2.09. The van der Waals surface area contributed by atoms with E-state index in [1.54, 1.807) is 17.8 Å². The van der Waals surface area contributed by atoms with Crippen LogP contribution in [0.1, 0.15) is 0 Å². The largest absolute Gasteiger partial charge is 0.404 e. The zero-order chi connectivity index (χ0) is 22.4. The van der Waals surface area contributed by atoms with Gasteiger partial charge in [-0.25, -0.2) is 0 Å². The first-order valence-electron chi connectivity index (χ1n) is 9.72. The van der Waals surface area contributed by atoms with E-state index in [1.807, 2.05) is 56.6 Å². The van der Waals surface area contributed by atoms with Crippen molar-refractivity contribution in [1.82, 2.24) is 9.88 Å². The standard InChI is InChI=1S/C23H26N6OS/c1-15(13-16-7-4-5-8-17(16)14-24)23(30)28-27-22-18-9-6-10-19(20(18)21(25)26-22)31-12-11-29(2)3/h4-10,13-14,26H,1,11-12,24-25H2,2-3H3/b16-13-,17-14-,28-27?. The number of fused-ring (bicyclic) bond motifs is 1. The van der Waals surface area contributed by atoms with Gasteiger partial charge in [-0.1, -0.05) is 43.0 Å². The van der Waals surface area contributed by atoms with E-state index in [-0.39, 0.29) is 5.57 Å². The molecule has 0 bridgehead atoms. The number of benzene rings is 2. The van der Waals surface area contributed by atoms with E-state index in [4.69, 9.17) is 11.5 Å². The number of thioether (sulfide) groups is 1. The topological polar surface area (TPSA) is 113 Å². The fraction of sp³-hybridized carbons (Fsp3) is 0.174. The van der Waals surface area contributed by atoms with Crippen molar-refractivity contribution in [1.29, 1.82) is 0 Å². The van der Waals surface area contributed by atoms with Crippen LogP contribution in [0.2, 0.25) is 0 Å². The molecule has 5 N–H and O–H groups in total. The molecule has 7 nitrogen and oxygen atoms in total. The molecule has 3 rings (SSSR count). The predicted octanol–water partition coefficient (Wildman–Crippen LogP) is 2.75. The maximum atomic E-state index is 12.4. The van der Waals surface area contributed by atoms with Gasteiger partial charge in [-0.05, 0) is 36.7 Å². The second-order valence-corrected chi connectivity index (χ2v) is 8.32. The minimum Gasteiger partial charge on any atom is -0.404 e. The molecule has 0 atom stereocenters. The summed E-state index contributed by atoms with van der Waals surface area (Å²) in [5.74, 6) is 1.34. The molecule has 0 fully saturated rings. The molecule has 8 heteroatoms. The van der Waals surface area contributed by atoms with Crippen molar-refractivity contribution in [2.24, 2.45) is 16.0 Å². The highest BCUT2D eigenvalue weighted by atomic mass is 32.2. The Kier molecular flexibility index (Phi) is 7.28. The predicted molar refractivity (Wildman–Crippen MR) is 129 cm³/mol. The van der Waals surface area contributed by atoms with Gasteiger partial charge in [0.05, 0.1) is 0 Å². The number of carbonyl (C=O) groups excluding carboxylic acids is 1. The van der Waals surface area contributed by atoms with Crippen LogP contribution in [-0.2, 0) is 4.79 Å². The molecule has 0 aliphatic heterocycles. The zero-order valence-corrected chi connectivity index (χ0v) is 18.4. The molecule has 160 valence electrons. The molecule has 0 unspecified atom stereocenters. The van der Waals surface area contributed by atoms with E-state index in [0.717, 1.165) is 38.4 Å². The number of azo groups is 1. The van der Waals surface area contributed by atoms with E-state index in [1.165, 1.54) is 6.20 Å². The van der Waals surface area contributed by atoms with Crippen molar-refractivity contribution in [3.05, 3.63) is 65.1 Å². The highest BCUT2D eigenvalue weighted by molar-refractivity contribution is 7.99. The minimum atomic E-state index is -0.537. The van der Waals surface area contributed by atoms with Crippen LogP contribution in [0, 0.1) is 0 Å². The summed E-state index contributed by atoms with van der Waals surface area (Å²) in [6.07, 6.45) is 3.12. The lowest BCUT2D eigenvalue weighted by atomic mass is 10.2. The van der Waals surface area contributed by atoms with Crippen LogP contribution >= 0.6 is 11.8 Å². The highest BCUT2D eigenvalue weighted by Crippen LogP contribution is 2.37. The van der Waals surface area contributed by atoms with E-state index in [9.17, 15) is 4.79 Å². The number of amides is 1. The average molecular weight is 435 g/mol. The number of hydrogen-bond donors (Lipinski definition) is 3. The van der Waals surface area contributed by atoms with Crippen molar-refractivity contribution in [2.75, 3.05) is 32.1 Å². The maximum Gasteiger partial charge on any atom is 0.294 e. The Morgan fingerprint density at radius 3 is 2.65 bits per heavy atom. The molecular weight excluding hydrogens is 408 g/mol. The van der Waals surface area contributed by atoms with Crippen LogP contribution in [0.15, 0.2) is 69.7 Å². The normalized spacial score (nSPS) is 13.0. The van der Waals surface area contributed by atoms with Crippen LogP contribution < -0.4 is 21.9 Å². The van der Waals surface area contributed by atoms with E-state index < -0.39 is 5.91 Å². The summed E-state index contributed by atoms with van der Waals surface area (Å²) in [5, 5.41) is 11.3. The molecule has 0 radical (unpaired) electrons. The van der Waals surface area contributed by atoms with Gasteiger partial charge in [0, 0.05) is 39.7 Å². The summed E-state index contributed by atoms with van der Waals surface area (Å²) in [6.45, 7) is 4.77. The first-order chi connectivity index (χ1) is 14.9. The van der Waals surface area contributed by atoms with Gasteiger partial charge >= 0.3 is 0 Å². The zero-order valence-electron chi connectivity index (χ0n) is 17.6. The highest BCUT2D eigenvalue weighted by Gasteiger charge is 2.13. The molecule has 1 heterocycles. The summed E-state index contributed by atoms with van der Waals surface area (Å²) >= 11 is 1.73. The van der Waals surface area contributed by atoms with Crippen molar-refractivity contribution >= 4 is 52.4 Å². The summed E-state index contributed by atoms with van der Waals surface area (Å²) < 4.78 is 0. The molecule has 1 amide bonds. The third-order valence-corrected chi connectivity index (χ3v) is 5.66. The maximum absolute atomic E-state index is 12.4. The van der Waals surface area contributed by atoms with Crippen LogP contribution in [0.5, 0.6) is 0 Å². The number of aromatic amines is 1. The smallest absolute Gasteiger partial charge is 0.294 e. The monoisotopic (exact) mass is 434 g/mol. The van der Waals surface area contributed by atoms with Crippen molar-refractivity contribution in [2.45, 2.75) is 4.90 Å². The summed E-state index contributed by atoms with van der Waals surface area (Å²) in [6, 6.07) is 13.3. The summed E-state index contributed by atoms with van der Waals surface area (Å²) in [4.78, 5) is 18.7. The first kappa shape index (κ1) is 22.3. The minimum absolute atomic E-state index is 0.210. The lowest BCUT2D eigenvalue weighted by Crippen LogP contribution is -2.25. The lowest BCUT2D eigenvalue weighted by molar-refractivity contribution is -0.114. The number of hydrogen-bond acceptors (Lipinski definition) is 6. The molecular formula is C23H26N6OS. The number of nitrogens with two attached hydrogens (primary N) is 2. The van der Waals surface area contributed by atoms with Crippen LogP contribution in [-0.4, -0.2) is 42.2 Å². The van der Waals surface area contributed by atoms with Crippen LogP contribution in [0.3, 0.4) is 0 Å². The molecule has 1 aromatic heterocycles. The molecule has 2 aromatic carbocycles. The molecule has 0 saturated heterocycles. The van der Waals surface area contributed by atoms with Gasteiger partial charge in [0.15, 0.2) is 5.82 Å². The van der Waals surface area contributed by atoms with Crippen molar-refractivity contribution in [3.63, 3.8) is 0 Å². The van der Waals surface area contributed by atoms with Gasteiger partial charge in [0.25, 0.3) is 5.91 Å². The number of rotatable bonds is 7. The molecule has 0 aliphatic carbocycles. The Morgan fingerprint density at radius 1 is 1.19 bits per heavy atom. The third kappa shape index (κ3) is 5.42. The van der Waals surface area contributed by atoms with E-state index >= 15 is 0 Å². The Morgan fingerprint density at radius 2 is 1.94 bits per heavy atom. The Labute approximate surface area is 185 Å². The quantitative estimate of drug-likeness (QED) is 0.301. The molecule has 0 spiro atoms. The number of anilines is 1.